The quantitative estimate of drug-likeness (QED) is 0.651. The first-order chi connectivity index (χ1) is 11.2. The molecule has 1 rings (SSSR count). The molecule has 1 aromatic carbocycles. The molecule has 1 N–H and O–H groups in total. The van der Waals surface area contributed by atoms with Crippen LogP contribution in [0, 0.1) is 5.82 Å². The molecule has 136 valence electrons. The van der Waals surface area contributed by atoms with Gasteiger partial charge < -0.3 is 10.2 Å². The second kappa shape index (κ2) is 8.95. The van der Waals surface area contributed by atoms with Crippen molar-refractivity contribution in [3.05, 3.63) is 30.1 Å². The molecular weight excluding hydrogens is 335 g/mol. The zero-order valence-corrected chi connectivity index (χ0v) is 15.3. The molecule has 1 amide bonds. The van der Waals surface area contributed by atoms with Crippen molar-refractivity contribution in [2.45, 2.75) is 6.42 Å². The van der Waals surface area contributed by atoms with Crippen molar-refractivity contribution >= 4 is 21.8 Å². The molecule has 0 aliphatic carbocycles. The van der Waals surface area contributed by atoms with Gasteiger partial charge >= 0.3 is 10.2 Å². The van der Waals surface area contributed by atoms with E-state index in [9.17, 15) is 17.6 Å². The number of para-hydroxylation sites is 1. The number of carbonyl (C=O) groups is 1. The standard InChI is InChI=1S/C15H25FN4O3S/c1-18(2)11-7-10-17-15(21)12-20(24(22,23)19(3)4)14-9-6-5-8-13(14)16/h5-6,8-9H,7,10-12H2,1-4H3,(H,17,21). The van der Waals surface area contributed by atoms with Crippen LogP contribution < -0.4 is 9.62 Å². The molecule has 9 heteroatoms. The number of benzene rings is 1. The summed E-state index contributed by atoms with van der Waals surface area (Å²) < 4.78 is 40.6. The van der Waals surface area contributed by atoms with Gasteiger partial charge in [0.05, 0.1) is 5.69 Å². The van der Waals surface area contributed by atoms with Gasteiger partial charge in [-0.05, 0) is 39.2 Å². The van der Waals surface area contributed by atoms with E-state index in [4.69, 9.17) is 0 Å². The van der Waals surface area contributed by atoms with Crippen LogP contribution in [0.2, 0.25) is 0 Å². The average molecular weight is 360 g/mol. The molecule has 1 aromatic rings. The zero-order valence-electron chi connectivity index (χ0n) is 14.5. The molecule has 7 nitrogen and oxygen atoms in total. The van der Waals surface area contributed by atoms with Gasteiger partial charge in [-0.25, -0.2) is 8.70 Å². The third kappa shape index (κ3) is 5.73. The second-order valence-corrected chi connectivity index (χ2v) is 7.82. The molecule has 0 unspecified atom stereocenters. The summed E-state index contributed by atoms with van der Waals surface area (Å²) in [5, 5.41) is 2.66. The predicted molar refractivity (Wildman–Crippen MR) is 92.5 cm³/mol. The highest BCUT2D eigenvalue weighted by molar-refractivity contribution is 7.90. The molecule has 0 atom stereocenters. The normalized spacial score (nSPS) is 11.8. The summed E-state index contributed by atoms with van der Waals surface area (Å²) in [4.78, 5) is 14.1. The molecule has 0 saturated carbocycles. The Morgan fingerprint density at radius 2 is 1.79 bits per heavy atom. The summed E-state index contributed by atoms with van der Waals surface area (Å²) in [5.41, 5.74) is -0.158. The molecule has 0 aliphatic heterocycles. The number of halogens is 1. The predicted octanol–water partition coefficient (Wildman–Crippen LogP) is 0.506. The van der Waals surface area contributed by atoms with Gasteiger partial charge in [-0.3, -0.25) is 4.79 Å². The van der Waals surface area contributed by atoms with Gasteiger partial charge in [-0.1, -0.05) is 12.1 Å². The van der Waals surface area contributed by atoms with Crippen LogP contribution >= 0.6 is 0 Å². The number of anilines is 1. The lowest BCUT2D eigenvalue weighted by molar-refractivity contribution is -0.119. The van der Waals surface area contributed by atoms with Gasteiger partial charge in [-0.2, -0.15) is 12.7 Å². The van der Waals surface area contributed by atoms with Crippen molar-refractivity contribution in [3.63, 3.8) is 0 Å². The zero-order chi connectivity index (χ0) is 18.3. The Labute approximate surface area is 143 Å². The minimum absolute atomic E-state index is 0.158. The first-order valence-corrected chi connectivity index (χ1v) is 8.92. The lowest BCUT2D eigenvalue weighted by atomic mass is 10.3. The maximum atomic E-state index is 14.0. The Bertz CT molecular complexity index is 650. The van der Waals surface area contributed by atoms with E-state index in [1.54, 1.807) is 0 Å². The van der Waals surface area contributed by atoms with Crippen molar-refractivity contribution in [2.75, 3.05) is 52.1 Å². The fraction of sp³-hybridized carbons (Fsp3) is 0.533. The molecule has 24 heavy (non-hydrogen) atoms. The fourth-order valence-electron chi connectivity index (χ4n) is 1.95. The van der Waals surface area contributed by atoms with Crippen LogP contribution in [0.1, 0.15) is 6.42 Å². The molecule has 0 aliphatic rings. The van der Waals surface area contributed by atoms with Gasteiger partial charge in [0, 0.05) is 20.6 Å². The van der Waals surface area contributed by atoms with E-state index in [1.807, 2.05) is 19.0 Å². The summed E-state index contributed by atoms with van der Waals surface area (Å²) >= 11 is 0. The summed E-state index contributed by atoms with van der Waals surface area (Å²) in [6.07, 6.45) is 0.735. The SMILES string of the molecule is CN(C)CCCNC(=O)CN(c1ccccc1F)S(=O)(=O)N(C)C. The monoisotopic (exact) mass is 360 g/mol. The summed E-state index contributed by atoms with van der Waals surface area (Å²) in [6.45, 7) is 0.737. The number of hydrogen-bond donors (Lipinski definition) is 1. The number of rotatable bonds is 9. The average Bonchev–Trinajstić information content (AvgIpc) is 2.49. The lowest BCUT2D eigenvalue weighted by Crippen LogP contribution is -2.46. The maximum Gasteiger partial charge on any atom is 0.304 e. The van der Waals surface area contributed by atoms with E-state index in [-0.39, 0.29) is 5.69 Å². The highest BCUT2D eigenvalue weighted by Gasteiger charge is 2.29. The molecule has 0 spiro atoms. The van der Waals surface area contributed by atoms with Crippen LogP contribution in [-0.4, -0.2) is 71.4 Å². The van der Waals surface area contributed by atoms with Gasteiger partial charge in [0.25, 0.3) is 0 Å². The van der Waals surface area contributed by atoms with Gasteiger partial charge in [0.15, 0.2) is 0 Å². The van der Waals surface area contributed by atoms with Gasteiger partial charge in [0.1, 0.15) is 12.4 Å². The Balaban J connectivity index is 2.88. The number of nitrogens with one attached hydrogen (secondary N) is 1. The Kier molecular flexibility index (Phi) is 7.59. The molecule has 0 bridgehead atoms. The van der Waals surface area contributed by atoms with E-state index in [2.05, 4.69) is 5.32 Å². The molecular formula is C15H25FN4O3S. The van der Waals surface area contributed by atoms with Crippen LogP contribution in [-0.2, 0) is 15.0 Å². The summed E-state index contributed by atoms with van der Waals surface area (Å²) in [7, 11) is 2.51. The smallest absolute Gasteiger partial charge is 0.304 e. The molecule has 0 fully saturated rings. The topological polar surface area (TPSA) is 73.0 Å². The fourth-order valence-corrected chi connectivity index (χ4v) is 3.02. The Hall–Kier alpha value is -1.71. The van der Waals surface area contributed by atoms with Crippen molar-refractivity contribution in [1.29, 1.82) is 0 Å². The second-order valence-electron chi connectivity index (χ2n) is 5.76. The minimum Gasteiger partial charge on any atom is -0.354 e. The summed E-state index contributed by atoms with van der Waals surface area (Å²) in [6, 6.07) is 5.46. The van der Waals surface area contributed by atoms with E-state index in [0.717, 1.165) is 27.6 Å². The van der Waals surface area contributed by atoms with Crippen molar-refractivity contribution in [1.82, 2.24) is 14.5 Å². The van der Waals surface area contributed by atoms with Crippen molar-refractivity contribution in [3.8, 4) is 0 Å². The van der Waals surface area contributed by atoms with E-state index in [0.29, 0.717) is 6.54 Å². The van der Waals surface area contributed by atoms with E-state index in [1.165, 1.54) is 32.3 Å². The Morgan fingerprint density at radius 3 is 2.33 bits per heavy atom. The number of amides is 1. The molecule has 0 radical (unpaired) electrons. The van der Waals surface area contributed by atoms with E-state index < -0.39 is 28.5 Å². The number of nitrogens with zero attached hydrogens (tertiary/aromatic N) is 3. The molecule has 0 heterocycles. The number of carbonyl (C=O) groups excluding carboxylic acids is 1. The number of hydrogen-bond acceptors (Lipinski definition) is 4. The first kappa shape index (κ1) is 20.3. The van der Waals surface area contributed by atoms with Gasteiger partial charge in [-0.15, -0.1) is 0 Å². The van der Waals surface area contributed by atoms with Crippen LogP contribution in [0.3, 0.4) is 0 Å². The van der Waals surface area contributed by atoms with Crippen molar-refractivity contribution in [2.24, 2.45) is 0 Å². The highest BCUT2D eigenvalue weighted by atomic mass is 32.2. The van der Waals surface area contributed by atoms with Crippen LogP contribution in [0.25, 0.3) is 0 Å². The van der Waals surface area contributed by atoms with Crippen LogP contribution in [0.4, 0.5) is 10.1 Å². The lowest BCUT2D eigenvalue weighted by Gasteiger charge is -2.27. The van der Waals surface area contributed by atoms with Crippen LogP contribution in [0.15, 0.2) is 24.3 Å². The Morgan fingerprint density at radius 1 is 1.17 bits per heavy atom. The molecule has 0 aromatic heterocycles. The largest absolute Gasteiger partial charge is 0.354 e. The highest BCUT2D eigenvalue weighted by Crippen LogP contribution is 2.22. The first-order valence-electron chi connectivity index (χ1n) is 7.52. The maximum absolute atomic E-state index is 14.0. The van der Waals surface area contributed by atoms with Gasteiger partial charge in [0.2, 0.25) is 5.91 Å². The van der Waals surface area contributed by atoms with E-state index >= 15 is 0 Å². The third-order valence-corrected chi connectivity index (χ3v) is 5.06. The summed E-state index contributed by atoms with van der Waals surface area (Å²) in [5.74, 6) is -1.19. The van der Waals surface area contributed by atoms with Crippen molar-refractivity contribution < 1.29 is 17.6 Å². The molecule has 0 saturated heterocycles. The van der Waals surface area contributed by atoms with Crippen LogP contribution in [0.5, 0.6) is 0 Å². The minimum atomic E-state index is -4.00. The third-order valence-electron chi connectivity index (χ3n) is 3.25.